The summed E-state index contributed by atoms with van der Waals surface area (Å²) < 4.78 is 0. The van der Waals surface area contributed by atoms with Crippen molar-refractivity contribution in [2.45, 2.75) is 32.2 Å². The summed E-state index contributed by atoms with van der Waals surface area (Å²) in [5, 5.41) is 12.0. The summed E-state index contributed by atoms with van der Waals surface area (Å²) >= 11 is 0. The Morgan fingerprint density at radius 2 is 2.20 bits per heavy atom. The van der Waals surface area contributed by atoms with Crippen LogP contribution in [0.3, 0.4) is 0 Å². The largest absolute Gasteiger partial charge is 0.396 e. The van der Waals surface area contributed by atoms with Gasteiger partial charge in [0.15, 0.2) is 0 Å². The van der Waals surface area contributed by atoms with E-state index < -0.39 is 0 Å². The van der Waals surface area contributed by atoms with Crippen molar-refractivity contribution in [1.82, 2.24) is 5.32 Å². The van der Waals surface area contributed by atoms with Crippen LogP contribution in [-0.2, 0) is 0 Å². The van der Waals surface area contributed by atoms with Gasteiger partial charge >= 0.3 is 0 Å². The molecule has 1 aliphatic rings. The molecule has 2 nitrogen and oxygen atoms in total. The second kappa shape index (κ2) is 2.89. The Hall–Kier alpha value is -0.0800. The van der Waals surface area contributed by atoms with E-state index in [4.69, 9.17) is 5.11 Å². The zero-order valence-corrected chi connectivity index (χ0v) is 6.85. The monoisotopic (exact) mass is 143 g/mol. The number of rotatable bonds is 4. The molecule has 1 rings (SSSR count). The second-order valence-electron chi connectivity index (χ2n) is 3.51. The van der Waals surface area contributed by atoms with E-state index in [-0.39, 0.29) is 0 Å². The molecule has 0 amide bonds. The Labute approximate surface area is 62.6 Å². The van der Waals surface area contributed by atoms with Gasteiger partial charge in [-0.25, -0.2) is 0 Å². The molecule has 0 aromatic heterocycles. The lowest BCUT2D eigenvalue weighted by Crippen LogP contribution is -2.34. The smallest absolute Gasteiger partial charge is 0.0446 e. The van der Waals surface area contributed by atoms with Crippen LogP contribution in [0.25, 0.3) is 0 Å². The highest BCUT2D eigenvalue weighted by Gasteiger charge is 2.43. The first-order valence-electron chi connectivity index (χ1n) is 4.01. The van der Waals surface area contributed by atoms with Crippen molar-refractivity contribution in [2.24, 2.45) is 5.41 Å². The summed E-state index contributed by atoms with van der Waals surface area (Å²) in [5.41, 5.74) is 0.498. The zero-order valence-electron chi connectivity index (χ0n) is 6.85. The summed E-state index contributed by atoms with van der Waals surface area (Å²) in [6.07, 6.45) is 3.53. The Morgan fingerprint density at radius 1 is 1.60 bits per heavy atom. The first-order valence-corrected chi connectivity index (χ1v) is 4.01. The molecule has 1 saturated carbocycles. The number of nitrogens with one attached hydrogen (secondary N) is 1. The van der Waals surface area contributed by atoms with Crippen LogP contribution in [0.1, 0.15) is 26.2 Å². The van der Waals surface area contributed by atoms with Gasteiger partial charge in [0.25, 0.3) is 0 Å². The third kappa shape index (κ3) is 1.50. The maximum Gasteiger partial charge on any atom is 0.0446 e. The minimum atomic E-state index is 0.307. The molecule has 0 bridgehead atoms. The van der Waals surface area contributed by atoms with Gasteiger partial charge in [0.2, 0.25) is 0 Å². The molecule has 0 aromatic carbocycles. The third-order valence-corrected chi connectivity index (χ3v) is 2.65. The molecule has 1 atom stereocenters. The molecule has 0 spiro atoms. The molecular formula is C8H17NO. The predicted molar refractivity (Wildman–Crippen MR) is 41.9 cm³/mol. The lowest BCUT2D eigenvalue weighted by atomic mass is 9.96. The van der Waals surface area contributed by atoms with Crippen LogP contribution < -0.4 is 5.32 Å². The SMILES string of the molecule is CNC(CCO)C1(C)CC1. The maximum absolute atomic E-state index is 8.72. The van der Waals surface area contributed by atoms with Crippen LogP contribution in [0.15, 0.2) is 0 Å². The topological polar surface area (TPSA) is 32.3 Å². The predicted octanol–water partition coefficient (Wildman–Crippen LogP) is 0.757. The van der Waals surface area contributed by atoms with E-state index in [0.717, 1.165) is 6.42 Å². The molecule has 0 saturated heterocycles. The van der Waals surface area contributed by atoms with Gasteiger partial charge in [-0.1, -0.05) is 6.92 Å². The minimum Gasteiger partial charge on any atom is -0.396 e. The number of hydrogen-bond acceptors (Lipinski definition) is 2. The average Bonchev–Trinajstić information content (AvgIpc) is 2.64. The molecule has 0 aliphatic heterocycles. The van der Waals surface area contributed by atoms with Crippen LogP contribution in [0.4, 0.5) is 0 Å². The standard InChI is InChI=1S/C8H17NO/c1-8(4-5-8)7(9-2)3-6-10/h7,9-10H,3-6H2,1-2H3. The first kappa shape index (κ1) is 8.02. The van der Waals surface area contributed by atoms with Gasteiger partial charge in [-0.15, -0.1) is 0 Å². The van der Waals surface area contributed by atoms with Crippen molar-refractivity contribution in [1.29, 1.82) is 0 Å². The minimum absolute atomic E-state index is 0.307. The van der Waals surface area contributed by atoms with Crippen LogP contribution in [0, 0.1) is 5.41 Å². The Bertz CT molecular complexity index is 110. The Balaban J connectivity index is 2.33. The van der Waals surface area contributed by atoms with Crippen LogP contribution in [0.2, 0.25) is 0 Å². The summed E-state index contributed by atoms with van der Waals surface area (Å²) in [6.45, 7) is 2.59. The highest BCUT2D eigenvalue weighted by Crippen LogP contribution is 2.48. The van der Waals surface area contributed by atoms with Gasteiger partial charge in [0.1, 0.15) is 0 Å². The highest BCUT2D eigenvalue weighted by molar-refractivity contribution is 4.97. The van der Waals surface area contributed by atoms with Crippen molar-refractivity contribution in [3.8, 4) is 0 Å². The normalized spacial score (nSPS) is 24.3. The molecule has 0 aromatic rings. The third-order valence-electron chi connectivity index (χ3n) is 2.65. The van der Waals surface area contributed by atoms with Gasteiger partial charge < -0.3 is 10.4 Å². The van der Waals surface area contributed by atoms with Gasteiger partial charge in [-0.05, 0) is 31.7 Å². The van der Waals surface area contributed by atoms with Crippen LogP contribution in [-0.4, -0.2) is 24.8 Å². The van der Waals surface area contributed by atoms with Gasteiger partial charge in [-0.2, -0.15) is 0 Å². The molecule has 0 radical (unpaired) electrons. The van der Waals surface area contributed by atoms with Crippen molar-refractivity contribution >= 4 is 0 Å². The zero-order chi connectivity index (χ0) is 7.61. The van der Waals surface area contributed by atoms with Crippen LogP contribution in [0.5, 0.6) is 0 Å². The van der Waals surface area contributed by atoms with Crippen molar-refractivity contribution in [2.75, 3.05) is 13.7 Å². The molecule has 2 heteroatoms. The molecule has 0 heterocycles. The van der Waals surface area contributed by atoms with E-state index >= 15 is 0 Å². The van der Waals surface area contributed by atoms with E-state index in [1.807, 2.05) is 7.05 Å². The van der Waals surface area contributed by atoms with Crippen molar-refractivity contribution in [3.05, 3.63) is 0 Å². The van der Waals surface area contributed by atoms with E-state index in [1.165, 1.54) is 12.8 Å². The Kier molecular flexibility index (Phi) is 2.32. The number of aliphatic hydroxyl groups is 1. The molecule has 1 unspecified atom stereocenters. The van der Waals surface area contributed by atoms with Crippen LogP contribution >= 0.6 is 0 Å². The summed E-state index contributed by atoms with van der Waals surface area (Å²) in [5.74, 6) is 0. The van der Waals surface area contributed by atoms with Gasteiger partial charge in [-0.3, -0.25) is 0 Å². The number of aliphatic hydroxyl groups excluding tert-OH is 1. The molecule has 1 fully saturated rings. The van der Waals surface area contributed by atoms with Gasteiger partial charge in [0, 0.05) is 12.6 Å². The summed E-state index contributed by atoms with van der Waals surface area (Å²) in [4.78, 5) is 0. The van der Waals surface area contributed by atoms with Crippen molar-refractivity contribution < 1.29 is 5.11 Å². The molecule has 60 valence electrons. The fourth-order valence-corrected chi connectivity index (χ4v) is 1.52. The summed E-state index contributed by atoms with van der Waals surface area (Å²) in [6, 6.07) is 0.525. The first-order chi connectivity index (χ1) is 4.73. The fraction of sp³-hybridized carbons (Fsp3) is 1.00. The molecule has 10 heavy (non-hydrogen) atoms. The molecule has 2 N–H and O–H groups in total. The highest BCUT2D eigenvalue weighted by atomic mass is 16.3. The lowest BCUT2D eigenvalue weighted by Gasteiger charge is -2.21. The Morgan fingerprint density at radius 3 is 2.50 bits per heavy atom. The molecular weight excluding hydrogens is 126 g/mol. The summed E-state index contributed by atoms with van der Waals surface area (Å²) in [7, 11) is 1.98. The quantitative estimate of drug-likeness (QED) is 0.609. The number of hydrogen-bond donors (Lipinski definition) is 2. The van der Waals surface area contributed by atoms with E-state index in [1.54, 1.807) is 0 Å². The lowest BCUT2D eigenvalue weighted by molar-refractivity contribution is 0.238. The van der Waals surface area contributed by atoms with Gasteiger partial charge in [0.05, 0.1) is 0 Å². The van der Waals surface area contributed by atoms with E-state index in [2.05, 4.69) is 12.2 Å². The fourth-order valence-electron chi connectivity index (χ4n) is 1.52. The maximum atomic E-state index is 8.72. The van der Waals surface area contributed by atoms with E-state index in [9.17, 15) is 0 Å². The second-order valence-corrected chi connectivity index (χ2v) is 3.51. The average molecular weight is 143 g/mol. The van der Waals surface area contributed by atoms with Crippen molar-refractivity contribution in [3.63, 3.8) is 0 Å². The van der Waals surface area contributed by atoms with E-state index in [0.29, 0.717) is 18.1 Å². The molecule has 1 aliphatic carbocycles.